The molecule has 0 unspecified atom stereocenters. The maximum absolute atomic E-state index is 12.8. The molecule has 3 aromatic rings. The molecule has 0 radical (unpaired) electrons. The van der Waals surface area contributed by atoms with Gasteiger partial charge >= 0.3 is 6.03 Å². The number of benzene rings is 3. The summed E-state index contributed by atoms with van der Waals surface area (Å²) in [6.45, 7) is 1.23. The van der Waals surface area contributed by atoms with Crippen LogP contribution in [0.3, 0.4) is 0 Å². The Morgan fingerprint density at radius 1 is 0.861 bits per heavy atom. The topological polar surface area (TPSA) is 82.3 Å². The minimum absolute atomic E-state index is 0.0105. The Labute approximate surface area is 221 Å². The molecular formula is C28H30Cl2N4O2. The van der Waals surface area contributed by atoms with Crippen molar-refractivity contribution in [3.63, 3.8) is 0 Å². The fourth-order valence-electron chi connectivity index (χ4n) is 4.41. The monoisotopic (exact) mass is 524 g/mol. The normalized spacial score (nSPS) is 14.1. The summed E-state index contributed by atoms with van der Waals surface area (Å²) in [5.74, 6) is -0.384. The molecule has 0 aliphatic heterocycles. The predicted octanol–water partition coefficient (Wildman–Crippen LogP) is 5.75. The van der Waals surface area contributed by atoms with Crippen molar-refractivity contribution in [2.45, 2.75) is 31.7 Å². The van der Waals surface area contributed by atoms with Crippen LogP contribution < -0.4 is 21.3 Å². The molecule has 0 bridgehead atoms. The van der Waals surface area contributed by atoms with E-state index in [4.69, 9.17) is 23.2 Å². The van der Waals surface area contributed by atoms with Gasteiger partial charge in [0.15, 0.2) is 0 Å². The second-order valence-electron chi connectivity index (χ2n) is 8.75. The zero-order valence-corrected chi connectivity index (χ0v) is 21.5. The molecular weight excluding hydrogens is 495 g/mol. The van der Waals surface area contributed by atoms with Gasteiger partial charge in [0.05, 0.1) is 27.3 Å². The summed E-state index contributed by atoms with van der Waals surface area (Å²) in [5, 5.41) is 12.4. The first-order valence-electron chi connectivity index (χ1n) is 12.2. The van der Waals surface area contributed by atoms with Crippen molar-refractivity contribution in [3.05, 3.63) is 99.0 Å². The number of anilines is 1. The fraction of sp³-hybridized carbons (Fsp3) is 0.286. The van der Waals surface area contributed by atoms with Gasteiger partial charge in [0.2, 0.25) is 0 Å². The van der Waals surface area contributed by atoms with Crippen molar-refractivity contribution in [2.24, 2.45) is 0 Å². The lowest BCUT2D eigenvalue weighted by Crippen LogP contribution is -2.41. The van der Waals surface area contributed by atoms with E-state index in [9.17, 15) is 9.59 Å². The highest BCUT2D eigenvalue weighted by atomic mass is 35.5. The van der Waals surface area contributed by atoms with Gasteiger partial charge in [-0.3, -0.25) is 4.79 Å². The van der Waals surface area contributed by atoms with Crippen molar-refractivity contribution in [2.75, 3.05) is 25.0 Å². The van der Waals surface area contributed by atoms with E-state index in [1.807, 2.05) is 36.4 Å². The number of nitrogens with one attached hydrogen (secondary N) is 4. The number of hydrogen-bond acceptors (Lipinski definition) is 3. The highest BCUT2D eigenvalue weighted by molar-refractivity contribution is 6.41. The van der Waals surface area contributed by atoms with Crippen molar-refractivity contribution < 1.29 is 9.59 Å². The van der Waals surface area contributed by atoms with Crippen molar-refractivity contribution in [1.82, 2.24) is 16.0 Å². The van der Waals surface area contributed by atoms with Crippen LogP contribution in [0, 0.1) is 0 Å². The van der Waals surface area contributed by atoms with Gasteiger partial charge in [-0.25, -0.2) is 4.79 Å². The Morgan fingerprint density at radius 2 is 1.61 bits per heavy atom. The van der Waals surface area contributed by atoms with E-state index >= 15 is 0 Å². The summed E-state index contributed by atoms with van der Waals surface area (Å²) >= 11 is 12.8. The minimum atomic E-state index is -0.384. The van der Waals surface area contributed by atoms with Crippen LogP contribution in [0.5, 0.6) is 0 Å². The first-order valence-corrected chi connectivity index (χ1v) is 12.9. The zero-order chi connectivity index (χ0) is 25.3. The molecule has 1 aliphatic carbocycles. The Bertz CT molecular complexity index is 1200. The molecule has 3 amide bonds. The van der Waals surface area contributed by atoms with Gasteiger partial charge in [-0.05, 0) is 54.5 Å². The number of fused-ring (bicyclic) bond motifs is 1. The summed E-state index contributed by atoms with van der Waals surface area (Å²) < 4.78 is 0. The first kappa shape index (κ1) is 25.9. The number of carbonyl (C=O) groups excluding carboxylic acids is 2. The molecule has 1 atom stereocenters. The molecule has 188 valence electrons. The number of amides is 3. The summed E-state index contributed by atoms with van der Waals surface area (Å²) in [4.78, 5) is 25.1. The second-order valence-corrected chi connectivity index (χ2v) is 9.53. The lowest BCUT2D eigenvalue weighted by Gasteiger charge is -2.16. The van der Waals surface area contributed by atoms with Crippen LogP contribution in [-0.2, 0) is 12.8 Å². The van der Waals surface area contributed by atoms with Crippen molar-refractivity contribution in [3.8, 4) is 0 Å². The molecule has 4 N–H and O–H groups in total. The predicted molar refractivity (Wildman–Crippen MR) is 146 cm³/mol. The van der Waals surface area contributed by atoms with Gasteiger partial charge < -0.3 is 21.3 Å². The SMILES string of the molecule is O=C(NCCNC(=O)c1c(Cl)ccc(NCCCc2ccccc2)c1Cl)N[C@@H]1CCc2ccccc21. The smallest absolute Gasteiger partial charge is 0.315 e. The van der Waals surface area contributed by atoms with Gasteiger partial charge in [0.25, 0.3) is 5.91 Å². The van der Waals surface area contributed by atoms with Crippen LogP contribution in [0.4, 0.5) is 10.5 Å². The molecule has 0 spiro atoms. The Hall–Kier alpha value is -3.22. The molecule has 3 aromatic carbocycles. The molecule has 0 saturated carbocycles. The third kappa shape index (κ3) is 6.71. The van der Waals surface area contributed by atoms with E-state index < -0.39 is 0 Å². The second kappa shape index (κ2) is 12.7. The van der Waals surface area contributed by atoms with E-state index in [2.05, 4.69) is 39.5 Å². The van der Waals surface area contributed by atoms with Crippen LogP contribution >= 0.6 is 23.2 Å². The number of carbonyl (C=O) groups is 2. The van der Waals surface area contributed by atoms with E-state index in [0.717, 1.165) is 25.7 Å². The van der Waals surface area contributed by atoms with Gasteiger partial charge in [-0.2, -0.15) is 0 Å². The fourth-order valence-corrected chi connectivity index (χ4v) is 5.02. The average Bonchev–Trinajstić information content (AvgIpc) is 3.29. The Kier molecular flexibility index (Phi) is 9.09. The van der Waals surface area contributed by atoms with Gasteiger partial charge in [-0.15, -0.1) is 0 Å². The Balaban J connectivity index is 1.21. The van der Waals surface area contributed by atoms with Gasteiger partial charge in [0, 0.05) is 19.6 Å². The molecule has 4 rings (SSSR count). The van der Waals surface area contributed by atoms with E-state index in [1.54, 1.807) is 12.1 Å². The molecule has 0 aromatic heterocycles. The van der Waals surface area contributed by atoms with Gasteiger partial charge in [-0.1, -0.05) is 77.8 Å². The number of aryl methyl sites for hydroxylation is 2. The zero-order valence-electron chi connectivity index (χ0n) is 20.0. The minimum Gasteiger partial charge on any atom is -0.384 e. The number of halogens is 2. The standard InChI is InChI=1S/C28H30Cl2N4O2/c29-22-13-15-24(31-16-6-9-19-7-2-1-3-8-19)26(30)25(22)27(35)32-17-18-33-28(36)34-23-14-12-20-10-4-5-11-21(20)23/h1-5,7-8,10-11,13,15,23,31H,6,9,12,14,16-18H2,(H,32,35)(H2,33,34,36)/t23-/m1/s1. The van der Waals surface area contributed by atoms with Crippen LogP contribution in [0.2, 0.25) is 10.0 Å². The lowest BCUT2D eigenvalue weighted by atomic mass is 10.1. The highest BCUT2D eigenvalue weighted by Gasteiger charge is 2.23. The lowest BCUT2D eigenvalue weighted by molar-refractivity contribution is 0.0954. The van der Waals surface area contributed by atoms with E-state index in [0.29, 0.717) is 12.2 Å². The van der Waals surface area contributed by atoms with E-state index in [1.165, 1.54) is 16.7 Å². The molecule has 0 saturated heterocycles. The van der Waals surface area contributed by atoms with Crippen molar-refractivity contribution >= 4 is 40.8 Å². The average molecular weight is 525 g/mol. The molecule has 6 nitrogen and oxygen atoms in total. The van der Waals surface area contributed by atoms with Crippen LogP contribution in [-0.4, -0.2) is 31.6 Å². The largest absolute Gasteiger partial charge is 0.384 e. The molecule has 0 heterocycles. The Morgan fingerprint density at radius 3 is 2.44 bits per heavy atom. The number of urea groups is 1. The number of hydrogen-bond donors (Lipinski definition) is 4. The summed E-state index contributed by atoms with van der Waals surface area (Å²) in [6.07, 6.45) is 3.71. The van der Waals surface area contributed by atoms with Crippen molar-refractivity contribution in [1.29, 1.82) is 0 Å². The molecule has 1 aliphatic rings. The van der Waals surface area contributed by atoms with Crippen LogP contribution in [0.1, 0.15) is 45.9 Å². The first-order chi connectivity index (χ1) is 17.5. The molecule has 0 fully saturated rings. The summed E-state index contributed by atoms with van der Waals surface area (Å²) in [5.41, 5.74) is 4.60. The molecule has 36 heavy (non-hydrogen) atoms. The highest BCUT2D eigenvalue weighted by Crippen LogP contribution is 2.32. The van der Waals surface area contributed by atoms with E-state index in [-0.39, 0.29) is 46.7 Å². The third-order valence-electron chi connectivity index (χ3n) is 6.25. The third-order valence-corrected chi connectivity index (χ3v) is 6.96. The van der Waals surface area contributed by atoms with Gasteiger partial charge in [0.1, 0.15) is 0 Å². The summed E-state index contributed by atoms with van der Waals surface area (Å²) in [6, 6.07) is 21.6. The molecule has 8 heteroatoms. The maximum Gasteiger partial charge on any atom is 0.315 e. The van der Waals surface area contributed by atoms with Crippen LogP contribution in [0.15, 0.2) is 66.7 Å². The quantitative estimate of drug-likeness (QED) is 0.254. The van der Waals surface area contributed by atoms with Crippen LogP contribution in [0.25, 0.3) is 0 Å². The summed E-state index contributed by atoms with van der Waals surface area (Å²) in [7, 11) is 0. The maximum atomic E-state index is 12.8. The number of rotatable bonds is 10.